The van der Waals surface area contributed by atoms with Gasteiger partial charge in [-0.05, 0) is 32.3 Å². The molecule has 1 aliphatic heterocycles. The van der Waals surface area contributed by atoms with Crippen molar-refractivity contribution < 1.29 is 4.79 Å². The number of carbonyl (C=O) groups is 1. The third-order valence-electron chi connectivity index (χ3n) is 3.60. The monoisotopic (exact) mass is 322 g/mol. The molecule has 0 saturated carbocycles. The van der Waals surface area contributed by atoms with Crippen LogP contribution >= 0.6 is 24.0 Å². The van der Waals surface area contributed by atoms with Gasteiger partial charge >= 0.3 is 0 Å². The number of carbonyl (C=O) groups excluding carboxylic acids is 1. The minimum absolute atomic E-state index is 0.0436. The number of likely N-dealkylation sites (tertiary alicyclic amines) is 1. The Hall–Kier alpha value is -1.07. The third kappa shape index (κ3) is 5.00. The molecule has 0 aromatic heterocycles. The fourth-order valence-corrected chi connectivity index (χ4v) is 3.66. The Bertz CT molecular complexity index is 496. The van der Waals surface area contributed by atoms with Gasteiger partial charge in [0.25, 0.3) is 0 Å². The third-order valence-corrected chi connectivity index (χ3v) is 5.17. The maximum Gasteiger partial charge on any atom is 0.233 e. The number of aryl methyl sites for hydroxylation is 1. The van der Waals surface area contributed by atoms with E-state index in [1.54, 1.807) is 0 Å². The number of rotatable bonds is 4. The van der Waals surface area contributed by atoms with Gasteiger partial charge in [0.05, 0.1) is 5.25 Å². The summed E-state index contributed by atoms with van der Waals surface area (Å²) in [5.74, 6) is 0.0436. The first kappa shape index (κ1) is 16.3. The average Bonchev–Trinajstić information content (AvgIpc) is 3.00. The Morgan fingerprint density at radius 2 is 1.95 bits per heavy atom. The van der Waals surface area contributed by atoms with Crippen molar-refractivity contribution in [1.29, 1.82) is 0 Å². The van der Waals surface area contributed by atoms with Crippen LogP contribution < -0.4 is 5.32 Å². The zero-order valence-electron chi connectivity index (χ0n) is 12.6. The van der Waals surface area contributed by atoms with Crippen molar-refractivity contribution in [2.75, 3.05) is 13.1 Å². The molecular weight excluding hydrogens is 300 g/mol. The smallest absolute Gasteiger partial charge is 0.233 e. The minimum Gasteiger partial charge on any atom is -0.358 e. The van der Waals surface area contributed by atoms with E-state index in [2.05, 4.69) is 29.3 Å². The second kappa shape index (κ2) is 7.80. The molecule has 0 radical (unpaired) electrons. The van der Waals surface area contributed by atoms with Gasteiger partial charge in [-0.15, -0.1) is 0 Å². The molecule has 2 rings (SSSR count). The van der Waals surface area contributed by atoms with E-state index >= 15 is 0 Å². The molecule has 114 valence electrons. The van der Waals surface area contributed by atoms with Gasteiger partial charge in [0.1, 0.15) is 4.32 Å². The molecule has 0 aliphatic carbocycles. The molecule has 1 aromatic carbocycles. The summed E-state index contributed by atoms with van der Waals surface area (Å²) in [6, 6.07) is 8.20. The Labute approximate surface area is 136 Å². The van der Waals surface area contributed by atoms with Crippen LogP contribution in [0, 0.1) is 6.92 Å². The van der Waals surface area contributed by atoms with Crippen LogP contribution in [0.5, 0.6) is 0 Å². The van der Waals surface area contributed by atoms with Crippen LogP contribution in [0.1, 0.15) is 30.9 Å². The Kier molecular flexibility index (Phi) is 6.06. The van der Waals surface area contributed by atoms with Gasteiger partial charge in [-0.3, -0.25) is 4.79 Å². The molecule has 1 atom stereocenters. The highest BCUT2D eigenvalue weighted by molar-refractivity contribution is 8.23. The van der Waals surface area contributed by atoms with Gasteiger partial charge < -0.3 is 10.2 Å². The van der Waals surface area contributed by atoms with Gasteiger partial charge in [0.2, 0.25) is 5.91 Å². The van der Waals surface area contributed by atoms with Gasteiger partial charge in [-0.1, -0.05) is 53.8 Å². The van der Waals surface area contributed by atoms with Crippen LogP contribution in [-0.2, 0) is 11.3 Å². The van der Waals surface area contributed by atoms with E-state index in [1.165, 1.54) is 30.2 Å². The van der Waals surface area contributed by atoms with Gasteiger partial charge in [0.15, 0.2) is 0 Å². The number of hydrogen-bond acceptors (Lipinski definition) is 3. The molecule has 1 fully saturated rings. The van der Waals surface area contributed by atoms with E-state index in [0.29, 0.717) is 6.54 Å². The normalized spacial score (nSPS) is 15.8. The number of amides is 1. The second-order valence-corrected chi connectivity index (χ2v) is 7.40. The molecular formula is C16H22N2OS2. The van der Waals surface area contributed by atoms with Crippen LogP contribution in [0.4, 0.5) is 0 Å². The molecule has 1 saturated heterocycles. The number of hydrogen-bond donors (Lipinski definition) is 1. The topological polar surface area (TPSA) is 32.3 Å². The van der Waals surface area contributed by atoms with Crippen molar-refractivity contribution in [2.24, 2.45) is 0 Å². The number of thioether (sulfide) groups is 1. The van der Waals surface area contributed by atoms with E-state index < -0.39 is 0 Å². The van der Waals surface area contributed by atoms with E-state index in [1.807, 2.05) is 19.1 Å². The van der Waals surface area contributed by atoms with Gasteiger partial charge in [-0.2, -0.15) is 0 Å². The number of thiocarbonyl (C=S) groups is 1. The maximum absolute atomic E-state index is 12.1. The fourth-order valence-electron chi connectivity index (χ4n) is 2.22. The van der Waals surface area contributed by atoms with Crippen molar-refractivity contribution >= 4 is 34.2 Å². The van der Waals surface area contributed by atoms with E-state index in [4.69, 9.17) is 12.2 Å². The molecule has 3 nitrogen and oxygen atoms in total. The average molecular weight is 322 g/mol. The highest BCUT2D eigenvalue weighted by atomic mass is 32.2. The quantitative estimate of drug-likeness (QED) is 0.863. The molecule has 1 aliphatic rings. The Balaban J connectivity index is 1.76. The summed E-state index contributed by atoms with van der Waals surface area (Å²) in [4.78, 5) is 14.3. The highest BCUT2D eigenvalue weighted by Crippen LogP contribution is 2.20. The predicted octanol–water partition coefficient (Wildman–Crippen LogP) is 3.11. The lowest BCUT2D eigenvalue weighted by atomic mass is 10.1. The largest absolute Gasteiger partial charge is 0.358 e. The first-order chi connectivity index (χ1) is 10.1. The first-order valence-corrected chi connectivity index (χ1v) is 8.64. The lowest BCUT2D eigenvalue weighted by molar-refractivity contribution is -0.120. The molecule has 0 spiro atoms. The molecule has 1 N–H and O–H groups in total. The van der Waals surface area contributed by atoms with Crippen molar-refractivity contribution in [3.05, 3.63) is 35.4 Å². The molecule has 1 aromatic rings. The summed E-state index contributed by atoms with van der Waals surface area (Å²) in [5, 5.41) is 2.83. The minimum atomic E-state index is -0.149. The zero-order chi connectivity index (χ0) is 15.2. The van der Waals surface area contributed by atoms with Crippen LogP contribution in [0.25, 0.3) is 0 Å². The Morgan fingerprint density at radius 3 is 2.57 bits per heavy atom. The van der Waals surface area contributed by atoms with Crippen molar-refractivity contribution in [2.45, 2.75) is 38.5 Å². The van der Waals surface area contributed by atoms with E-state index in [0.717, 1.165) is 23.0 Å². The SMILES string of the molecule is Cc1ccc(CNC(=O)C(C)SC(=S)N2CCCC2)cc1. The summed E-state index contributed by atoms with van der Waals surface area (Å²) < 4.78 is 0.852. The van der Waals surface area contributed by atoms with Crippen molar-refractivity contribution in [3.63, 3.8) is 0 Å². The molecule has 1 unspecified atom stereocenters. The molecule has 5 heteroatoms. The summed E-state index contributed by atoms with van der Waals surface area (Å²) >= 11 is 6.90. The summed E-state index contributed by atoms with van der Waals surface area (Å²) in [5.41, 5.74) is 2.35. The Morgan fingerprint density at radius 1 is 1.33 bits per heavy atom. The van der Waals surface area contributed by atoms with E-state index in [9.17, 15) is 4.79 Å². The first-order valence-electron chi connectivity index (χ1n) is 7.35. The van der Waals surface area contributed by atoms with E-state index in [-0.39, 0.29) is 11.2 Å². The number of nitrogens with one attached hydrogen (secondary N) is 1. The summed E-state index contributed by atoms with van der Waals surface area (Å²) in [7, 11) is 0. The lowest BCUT2D eigenvalue weighted by Crippen LogP contribution is -2.33. The molecule has 0 bridgehead atoms. The maximum atomic E-state index is 12.1. The molecule has 1 heterocycles. The molecule has 1 amide bonds. The predicted molar refractivity (Wildman–Crippen MR) is 93.5 cm³/mol. The van der Waals surface area contributed by atoms with Gasteiger partial charge in [0, 0.05) is 19.6 Å². The molecule has 21 heavy (non-hydrogen) atoms. The summed E-state index contributed by atoms with van der Waals surface area (Å²) in [6.45, 7) is 6.60. The standard InChI is InChI=1S/C16H22N2OS2/c1-12-5-7-14(8-6-12)11-17-15(19)13(2)21-16(20)18-9-3-4-10-18/h5-8,13H,3-4,9-11H2,1-2H3,(H,17,19). The fraction of sp³-hybridized carbons (Fsp3) is 0.500. The number of nitrogens with zero attached hydrogens (tertiary/aromatic N) is 1. The second-order valence-electron chi connectivity index (χ2n) is 5.42. The zero-order valence-corrected chi connectivity index (χ0v) is 14.2. The van der Waals surface area contributed by atoms with Crippen LogP contribution in [-0.4, -0.2) is 33.5 Å². The van der Waals surface area contributed by atoms with Gasteiger partial charge in [-0.25, -0.2) is 0 Å². The van der Waals surface area contributed by atoms with Crippen LogP contribution in [0.3, 0.4) is 0 Å². The lowest BCUT2D eigenvalue weighted by Gasteiger charge is -2.20. The highest BCUT2D eigenvalue weighted by Gasteiger charge is 2.21. The van der Waals surface area contributed by atoms with Crippen molar-refractivity contribution in [1.82, 2.24) is 10.2 Å². The summed E-state index contributed by atoms with van der Waals surface area (Å²) in [6.07, 6.45) is 2.41. The van der Waals surface area contributed by atoms with Crippen molar-refractivity contribution in [3.8, 4) is 0 Å². The van der Waals surface area contributed by atoms with Crippen LogP contribution in [0.15, 0.2) is 24.3 Å². The van der Waals surface area contributed by atoms with Crippen LogP contribution in [0.2, 0.25) is 0 Å². The number of benzene rings is 1.